The maximum absolute atomic E-state index is 12.1. The first kappa shape index (κ1) is 13.8. The van der Waals surface area contributed by atoms with Crippen molar-refractivity contribution in [2.75, 3.05) is 19.5 Å². The Kier molecular flexibility index (Phi) is 4.14. The molecule has 104 valence electrons. The number of methoxy groups -OCH3 is 2. The van der Waals surface area contributed by atoms with Crippen molar-refractivity contribution in [3.05, 3.63) is 41.6 Å². The Hall–Kier alpha value is -2.63. The van der Waals surface area contributed by atoms with E-state index in [9.17, 15) is 4.79 Å². The van der Waals surface area contributed by atoms with Gasteiger partial charge in [-0.25, -0.2) is 4.98 Å². The maximum Gasteiger partial charge on any atom is 0.319 e. The Balaban J connectivity index is 2.23. The van der Waals surface area contributed by atoms with Gasteiger partial charge in [0.15, 0.2) is 0 Å². The van der Waals surface area contributed by atoms with E-state index in [-0.39, 0.29) is 17.8 Å². The minimum atomic E-state index is -0.249. The van der Waals surface area contributed by atoms with Gasteiger partial charge in [-0.2, -0.15) is 4.98 Å². The topological polar surface area (TPSA) is 73.3 Å². The quantitative estimate of drug-likeness (QED) is 0.923. The summed E-state index contributed by atoms with van der Waals surface area (Å²) >= 11 is 0. The zero-order valence-corrected chi connectivity index (χ0v) is 11.5. The highest BCUT2D eigenvalue weighted by molar-refractivity contribution is 6.04. The lowest BCUT2D eigenvalue weighted by Crippen LogP contribution is -2.13. The normalized spacial score (nSPS) is 9.95. The van der Waals surface area contributed by atoms with Crippen molar-refractivity contribution in [1.82, 2.24) is 9.97 Å². The zero-order valence-electron chi connectivity index (χ0n) is 11.5. The van der Waals surface area contributed by atoms with Crippen molar-refractivity contribution in [1.29, 1.82) is 0 Å². The molecule has 6 nitrogen and oxygen atoms in total. The highest BCUT2D eigenvalue weighted by Crippen LogP contribution is 2.23. The van der Waals surface area contributed by atoms with Gasteiger partial charge in [-0.05, 0) is 19.1 Å². The van der Waals surface area contributed by atoms with Crippen LogP contribution in [0, 0.1) is 6.92 Å². The number of hydrogen-bond donors (Lipinski definition) is 1. The molecule has 0 spiro atoms. The number of aryl methyl sites for hydroxylation is 1. The highest BCUT2D eigenvalue weighted by Gasteiger charge is 2.12. The first-order valence-electron chi connectivity index (χ1n) is 5.97. The second-order valence-electron chi connectivity index (χ2n) is 4.10. The van der Waals surface area contributed by atoms with Gasteiger partial charge < -0.3 is 14.8 Å². The number of anilines is 1. The average molecular weight is 273 g/mol. The van der Waals surface area contributed by atoms with Gasteiger partial charge in [-0.1, -0.05) is 17.7 Å². The van der Waals surface area contributed by atoms with Crippen molar-refractivity contribution in [2.24, 2.45) is 0 Å². The molecule has 0 saturated heterocycles. The number of amides is 1. The summed E-state index contributed by atoms with van der Waals surface area (Å²) in [7, 11) is 2.92. The molecular weight excluding hydrogens is 258 g/mol. The Morgan fingerprint density at radius 2 is 2.05 bits per heavy atom. The lowest BCUT2D eigenvalue weighted by atomic mass is 10.1. The lowest BCUT2D eigenvalue weighted by Gasteiger charge is -2.09. The first-order chi connectivity index (χ1) is 9.63. The van der Waals surface area contributed by atoms with Gasteiger partial charge in [0.1, 0.15) is 5.69 Å². The van der Waals surface area contributed by atoms with Crippen LogP contribution < -0.4 is 14.8 Å². The Labute approximate surface area is 116 Å². The van der Waals surface area contributed by atoms with E-state index in [2.05, 4.69) is 15.3 Å². The Morgan fingerprint density at radius 3 is 2.70 bits per heavy atom. The van der Waals surface area contributed by atoms with Crippen LogP contribution in [-0.2, 0) is 0 Å². The molecule has 0 fully saturated rings. The fourth-order valence-electron chi connectivity index (χ4n) is 1.67. The largest absolute Gasteiger partial charge is 0.479 e. The molecule has 0 aliphatic heterocycles. The number of ether oxygens (including phenoxy) is 2. The third kappa shape index (κ3) is 3.03. The molecule has 0 atom stereocenters. The number of aromatic nitrogens is 2. The monoisotopic (exact) mass is 273 g/mol. The molecule has 2 rings (SSSR count). The van der Waals surface area contributed by atoms with Crippen molar-refractivity contribution >= 4 is 11.6 Å². The summed E-state index contributed by atoms with van der Waals surface area (Å²) in [4.78, 5) is 20.1. The summed E-state index contributed by atoms with van der Waals surface area (Å²) in [6.07, 6.45) is 1.44. The number of rotatable bonds is 4. The van der Waals surface area contributed by atoms with Gasteiger partial charge in [-0.3, -0.25) is 4.79 Å². The minimum absolute atomic E-state index is 0.176. The molecule has 2 aromatic rings. The average Bonchev–Trinajstić information content (AvgIpc) is 2.47. The predicted octanol–water partition coefficient (Wildman–Crippen LogP) is 2.05. The van der Waals surface area contributed by atoms with Crippen LogP contribution >= 0.6 is 0 Å². The highest BCUT2D eigenvalue weighted by atomic mass is 16.5. The first-order valence-corrected chi connectivity index (χ1v) is 5.97. The van der Waals surface area contributed by atoms with Gasteiger partial charge in [0.2, 0.25) is 5.88 Å². The molecule has 0 aliphatic carbocycles. The molecule has 0 bridgehead atoms. The summed E-state index contributed by atoms with van der Waals surface area (Å²) in [6, 6.07) is 7.46. The summed E-state index contributed by atoms with van der Waals surface area (Å²) in [5.74, 6) is -0.00128. The van der Waals surface area contributed by atoms with E-state index in [1.54, 1.807) is 12.1 Å². The molecule has 1 aromatic heterocycles. The van der Waals surface area contributed by atoms with Gasteiger partial charge in [0.05, 0.1) is 20.4 Å². The molecule has 1 aromatic carbocycles. The van der Waals surface area contributed by atoms with E-state index < -0.39 is 0 Å². The summed E-state index contributed by atoms with van der Waals surface area (Å²) in [5, 5.41) is 2.71. The van der Waals surface area contributed by atoms with Crippen molar-refractivity contribution in [3.8, 4) is 11.9 Å². The van der Waals surface area contributed by atoms with E-state index in [4.69, 9.17) is 9.47 Å². The maximum atomic E-state index is 12.1. The van der Waals surface area contributed by atoms with E-state index in [0.717, 1.165) is 5.56 Å². The van der Waals surface area contributed by atoms with E-state index in [0.29, 0.717) is 11.3 Å². The number of carbonyl (C=O) groups is 1. The SMILES string of the molecule is COc1ncc(NC(=O)c2cccc(C)c2)c(OC)n1. The molecule has 1 amide bonds. The van der Waals surface area contributed by atoms with Crippen molar-refractivity contribution in [3.63, 3.8) is 0 Å². The van der Waals surface area contributed by atoms with Crippen LogP contribution in [0.25, 0.3) is 0 Å². The smallest absolute Gasteiger partial charge is 0.319 e. The van der Waals surface area contributed by atoms with E-state index in [1.807, 2.05) is 19.1 Å². The third-order valence-corrected chi connectivity index (χ3v) is 2.64. The second-order valence-corrected chi connectivity index (χ2v) is 4.10. The van der Waals surface area contributed by atoms with Crippen LogP contribution in [0.2, 0.25) is 0 Å². The Bertz CT molecular complexity index is 629. The zero-order chi connectivity index (χ0) is 14.5. The molecule has 6 heteroatoms. The van der Waals surface area contributed by atoms with Crippen LogP contribution in [0.5, 0.6) is 11.9 Å². The van der Waals surface area contributed by atoms with E-state index >= 15 is 0 Å². The molecule has 0 unspecified atom stereocenters. The van der Waals surface area contributed by atoms with Crippen molar-refractivity contribution < 1.29 is 14.3 Å². The molecule has 20 heavy (non-hydrogen) atoms. The molecule has 0 aliphatic rings. The standard InChI is InChI=1S/C14H15N3O3/c1-9-5-4-6-10(7-9)12(18)16-11-8-15-14(20-3)17-13(11)19-2/h4-8H,1-3H3,(H,16,18). The molecule has 0 radical (unpaired) electrons. The van der Waals surface area contributed by atoms with Crippen LogP contribution in [0.3, 0.4) is 0 Å². The fraction of sp³-hybridized carbons (Fsp3) is 0.214. The van der Waals surface area contributed by atoms with Crippen LogP contribution in [0.4, 0.5) is 5.69 Å². The fourth-order valence-corrected chi connectivity index (χ4v) is 1.67. The number of nitrogens with one attached hydrogen (secondary N) is 1. The van der Waals surface area contributed by atoms with Gasteiger partial charge >= 0.3 is 6.01 Å². The third-order valence-electron chi connectivity index (χ3n) is 2.64. The Morgan fingerprint density at radius 1 is 1.25 bits per heavy atom. The predicted molar refractivity (Wildman–Crippen MR) is 74.3 cm³/mol. The summed E-state index contributed by atoms with van der Waals surface area (Å²) < 4.78 is 10.0. The number of carbonyl (C=O) groups excluding carboxylic acids is 1. The molecule has 1 N–H and O–H groups in total. The summed E-state index contributed by atoms with van der Waals surface area (Å²) in [6.45, 7) is 1.92. The van der Waals surface area contributed by atoms with Gasteiger partial charge in [0.25, 0.3) is 5.91 Å². The van der Waals surface area contributed by atoms with Crippen molar-refractivity contribution in [2.45, 2.75) is 6.92 Å². The second kappa shape index (κ2) is 6.01. The van der Waals surface area contributed by atoms with E-state index in [1.165, 1.54) is 20.4 Å². The number of nitrogens with zero attached hydrogens (tertiary/aromatic N) is 2. The number of hydrogen-bond acceptors (Lipinski definition) is 5. The molecular formula is C14H15N3O3. The molecule has 0 saturated carbocycles. The van der Waals surface area contributed by atoms with Crippen LogP contribution in [0.15, 0.2) is 30.5 Å². The van der Waals surface area contributed by atoms with Crippen LogP contribution in [0.1, 0.15) is 15.9 Å². The van der Waals surface area contributed by atoms with Gasteiger partial charge in [-0.15, -0.1) is 0 Å². The summed E-state index contributed by atoms with van der Waals surface area (Å²) in [5.41, 5.74) is 1.96. The molecule has 1 heterocycles. The minimum Gasteiger partial charge on any atom is -0.479 e. The number of benzene rings is 1. The lowest BCUT2D eigenvalue weighted by molar-refractivity contribution is 0.102. The van der Waals surface area contributed by atoms with Crippen LogP contribution in [-0.4, -0.2) is 30.1 Å². The van der Waals surface area contributed by atoms with Gasteiger partial charge in [0, 0.05) is 5.56 Å².